The van der Waals surface area contributed by atoms with Crippen LogP contribution in [0.5, 0.6) is 0 Å². The molecule has 2 rings (SSSR count). The van der Waals surface area contributed by atoms with E-state index in [4.69, 9.17) is 11.6 Å². The first kappa shape index (κ1) is 16.9. The average Bonchev–Trinajstić information content (AvgIpc) is 2.62. The Morgan fingerprint density at radius 3 is 2.40 bits per heavy atom. The number of allylic oxidation sites excluding steroid dienone is 3. The molecule has 1 aromatic rings. The van der Waals surface area contributed by atoms with Crippen LogP contribution in [0.4, 0.5) is 0 Å². The molecule has 20 heavy (non-hydrogen) atoms. The minimum absolute atomic E-state index is 0. The van der Waals surface area contributed by atoms with Gasteiger partial charge in [-0.25, -0.2) is 0 Å². The summed E-state index contributed by atoms with van der Waals surface area (Å²) >= 11 is 7.88. The number of thioether (sulfide) groups is 1. The number of halogens is 1. The third kappa shape index (κ3) is 2.54. The Bertz CT molecular complexity index is 611. The Labute approximate surface area is 131 Å². The van der Waals surface area contributed by atoms with Gasteiger partial charge in [0.05, 0.1) is 21.5 Å². The van der Waals surface area contributed by atoms with E-state index < -0.39 is 0 Å². The molecule has 0 amide bonds. The molecule has 0 atom stereocenters. The van der Waals surface area contributed by atoms with Crippen LogP contribution in [0.2, 0.25) is 0 Å². The quantitative estimate of drug-likeness (QED) is 0.755. The van der Waals surface area contributed by atoms with Crippen molar-refractivity contribution in [2.45, 2.75) is 26.3 Å². The number of rotatable bonds is 2. The van der Waals surface area contributed by atoms with E-state index in [1.54, 1.807) is 11.8 Å². The van der Waals surface area contributed by atoms with E-state index in [0.29, 0.717) is 5.03 Å². The van der Waals surface area contributed by atoms with Gasteiger partial charge in [-0.2, -0.15) is 5.10 Å². The van der Waals surface area contributed by atoms with Crippen molar-refractivity contribution in [2.75, 3.05) is 13.3 Å². The molecule has 110 valence electrons. The summed E-state index contributed by atoms with van der Waals surface area (Å²) in [6, 6.07) is 0. The summed E-state index contributed by atoms with van der Waals surface area (Å²) in [6.07, 6.45) is 4.02. The Morgan fingerprint density at radius 1 is 1.30 bits per heavy atom. The molecule has 2 heterocycles. The highest BCUT2D eigenvalue weighted by molar-refractivity contribution is 7.98. The Morgan fingerprint density at radius 2 is 1.90 bits per heavy atom. The van der Waals surface area contributed by atoms with E-state index in [1.807, 2.05) is 36.7 Å². The molecule has 1 aliphatic rings. The molecule has 5 heteroatoms. The van der Waals surface area contributed by atoms with Crippen LogP contribution >= 0.6 is 23.4 Å². The van der Waals surface area contributed by atoms with E-state index in [9.17, 15) is 0 Å². The summed E-state index contributed by atoms with van der Waals surface area (Å²) in [6.45, 7) is 8.17. The third-order valence-corrected chi connectivity index (χ3v) is 4.65. The van der Waals surface area contributed by atoms with Crippen LogP contribution in [-0.4, -0.2) is 28.0 Å². The SMILES string of the molecule is C.C=C1C(Cl)=CC(C)=C(c2nn(C)c(SC)c2C)N1C. The van der Waals surface area contributed by atoms with E-state index in [0.717, 1.165) is 22.7 Å². The maximum Gasteiger partial charge on any atom is 0.113 e. The van der Waals surface area contributed by atoms with Gasteiger partial charge in [-0.15, -0.1) is 11.8 Å². The monoisotopic (exact) mass is 311 g/mol. The fraction of sp³-hybridized carbons (Fsp3) is 0.400. The molecule has 0 unspecified atom stereocenters. The van der Waals surface area contributed by atoms with Gasteiger partial charge in [0.1, 0.15) is 5.69 Å². The first-order chi connectivity index (χ1) is 8.88. The molecule has 0 fully saturated rings. The number of nitrogens with zero attached hydrogens (tertiary/aromatic N) is 3. The summed E-state index contributed by atoms with van der Waals surface area (Å²) in [5, 5.41) is 6.51. The number of hydrogen-bond acceptors (Lipinski definition) is 3. The van der Waals surface area contributed by atoms with E-state index in [2.05, 4.69) is 24.9 Å². The van der Waals surface area contributed by atoms with Crippen LogP contribution in [-0.2, 0) is 7.05 Å². The largest absolute Gasteiger partial charge is 0.342 e. The minimum atomic E-state index is 0. The lowest BCUT2D eigenvalue weighted by Crippen LogP contribution is -2.21. The molecule has 1 aliphatic heterocycles. The van der Waals surface area contributed by atoms with Crippen molar-refractivity contribution in [3.8, 4) is 0 Å². The van der Waals surface area contributed by atoms with Crippen LogP contribution in [0.3, 0.4) is 0 Å². The van der Waals surface area contributed by atoms with Gasteiger partial charge in [-0.3, -0.25) is 4.68 Å². The molecule has 0 spiro atoms. The highest BCUT2D eigenvalue weighted by atomic mass is 35.5. The maximum atomic E-state index is 6.17. The van der Waals surface area contributed by atoms with E-state index in [1.165, 1.54) is 10.6 Å². The predicted octanol–water partition coefficient (Wildman–Crippen LogP) is 4.40. The highest BCUT2D eigenvalue weighted by Crippen LogP contribution is 2.37. The lowest BCUT2D eigenvalue weighted by atomic mass is 10.0. The van der Waals surface area contributed by atoms with Crippen molar-refractivity contribution in [3.63, 3.8) is 0 Å². The van der Waals surface area contributed by atoms with Gasteiger partial charge in [0.2, 0.25) is 0 Å². The Hall–Kier alpha value is -1.13. The first-order valence-corrected chi connectivity index (χ1v) is 7.57. The molecule has 1 aromatic heterocycles. The fourth-order valence-electron chi connectivity index (χ4n) is 2.37. The lowest BCUT2D eigenvalue weighted by molar-refractivity contribution is 0.598. The summed E-state index contributed by atoms with van der Waals surface area (Å²) in [7, 11) is 3.95. The normalized spacial score (nSPS) is 15.4. The fourth-order valence-corrected chi connectivity index (χ4v) is 3.37. The van der Waals surface area contributed by atoms with Gasteiger partial charge in [0, 0.05) is 19.7 Å². The molecule has 0 radical (unpaired) electrons. The van der Waals surface area contributed by atoms with E-state index >= 15 is 0 Å². The van der Waals surface area contributed by atoms with Crippen LogP contribution in [0.25, 0.3) is 5.70 Å². The number of aryl methyl sites for hydroxylation is 1. The van der Waals surface area contributed by atoms with Crippen molar-refractivity contribution >= 4 is 29.1 Å². The molecule has 0 saturated carbocycles. The zero-order chi connectivity index (χ0) is 14.3. The van der Waals surface area contributed by atoms with Gasteiger partial charge in [0.15, 0.2) is 0 Å². The number of hydrogen-bond donors (Lipinski definition) is 0. The molecule has 3 nitrogen and oxygen atoms in total. The van der Waals surface area contributed by atoms with Crippen LogP contribution in [0, 0.1) is 6.92 Å². The number of aromatic nitrogens is 2. The summed E-state index contributed by atoms with van der Waals surface area (Å²) in [5.74, 6) is 0. The van der Waals surface area contributed by atoms with Gasteiger partial charge >= 0.3 is 0 Å². The van der Waals surface area contributed by atoms with Gasteiger partial charge in [0.25, 0.3) is 0 Å². The van der Waals surface area contributed by atoms with Gasteiger partial charge < -0.3 is 4.90 Å². The van der Waals surface area contributed by atoms with Crippen molar-refractivity contribution < 1.29 is 0 Å². The molecule has 0 aromatic carbocycles. The van der Waals surface area contributed by atoms with E-state index in [-0.39, 0.29) is 7.43 Å². The molecule has 0 bridgehead atoms. The zero-order valence-electron chi connectivity index (χ0n) is 11.9. The van der Waals surface area contributed by atoms with Crippen molar-refractivity contribution in [1.29, 1.82) is 0 Å². The van der Waals surface area contributed by atoms with Crippen LogP contribution in [0.15, 0.2) is 34.0 Å². The second kappa shape index (κ2) is 6.10. The number of likely N-dealkylation sites (N-methyl/N-ethyl adjacent to an activating group) is 1. The standard InChI is InChI=1S/C14H18ClN3S.CH4/c1-8-7-11(15)10(3)17(4)13(8)12-9(2)14(19-6)18(5)16-12;/h7H,3H2,1-2,4-6H3;1H4. The predicted molar refractivity (Wildman–Crippen MR) is 89.9 cm³/mol. The lowest BCUT2D eigenvalue weighted by Gasteiger charge is -2.29. The average molecular weight is 312 g/mol. The third-order valence-electron chi connectivity index (χ3n) is 3.37. The topological polar surface area (TPSA) is 21.1 Å². The van der Waals surface area contributed by atoms with Crippen LogP contribution in [0.1, 0.15) is 25.6 Å². The van der Waals surface area contributed by atoms with Gasteiger partial charge in [-0.05, 0) is 31.8 Å². The second-order valence-corrected chi connectivity index (χ2v) is 5.84. The first-order valence-electron chi connectivity index (χ1n) is 5.97. The molecule has 0 saturated heterocycles. The second-order valence-electron chi connectivity index (χ2n) is 4.64. The Kier molecular flexibility index (Phi) is 5.16. The van der Waals surface area contributed by atoms with Crippen molar-refractivity contribution in [1.82, 2.24) is 14.7 Å². The van der Waals surface area contributed by atoms with Crippen molar-refractivity contribution in [2.24, 2.45) is 7.05 Å². The summed E-state index contributed by atoms with van der Waals surface area (Å²) in [4.78, 5) is 2.01. The molecule has 0 N–H and O–H groups in total. The summed E-state index contributed by atoms with van der Waals surface area (Å²) < 4.78 is 1.92. The molecular weight excluding hydrogens is 290 g/mol. The van der Waals surface area contributed by atoms with Crippen molar-refractivity contribution in [3.05, 3.63) is 40.2 Å². The zero-order valence-corrected chi connectivity index (χ0v) is 13.5. The minimum Gasteiger partial charge on any atom is -0.342 e. The molecule has 0 aliphatic carbocycles. The smallest absolute Gasteiger partial charge is 0.113 e. The summed E-state index contributed by atoms with van der Waals surface area (Å²) in [5.41, 5.74) is 5.17. The van der Waals surface area contributed by atoms with Gasteiger partial charge in [-0.1, -0.05) is 25.6 Å². The Balaban J connectivity index is 0.00000200. The molecular formula is C15H22ClN3S. The van der Waals surface area contributed by atoms with Crippen LogP contribution < -0.4 is 0 Å². The maximum absolute atomic E-state index is 6.17. The highest BCUT2D eigenvalue weighted by Gasteiger charge is 2.24.